The fourth-order valence-corrected chi connectivity index (χ4v) is 6.08. The van der Waals surface area contributed by atoms with Gasteiger partial charge in [-0.1, -0.05) is 41.9 Å². The molecule has 3 aromatic carbocycles. The van der Waals surface area contributed by atoms with Crippen molar-refractivity contribution in [2.75, 3.05) is 5.32 Å². The predicted molar refractivity (Wildman–Crippen MR) is 166 cm³/mol. The molecule has 3 atom stereocenters. The molecule has 228 valence electrons. The number of benzene rings is 3. The van der Waals surface area contributed by atoms with Crippen molar-refractivity contribution in [2.45, 2.75) is 32.5 Å². The lowest BCUT2D eigenvalue weighted by Crippen LogP contribution is -2.32. The average Bonchev–Trinajstić information content (AvgIpc) is 3.60. The molecule has 0 saturated heterocycles. The van der Waals surface area contributed by atoms with Crippen LogP contribution in [-0.4, -0.2) is 38.2 Å². The Bertz CT molecular complexity index is 1930. The van der Waals surface area contributed by atoms with E-state index in [4.69, 9.17) is 16.3 Å². The van der Waals surface area contributed by atoms with Crippen molar-refractivity contribution in [3.63, 3.8) is 0 Å². The summed E-state index contributed by atoms with van der Waals surface area (Å²) in [5.74, 6) is -3.50. The molecule has 1 aliphatic carbocycles. The molecule has 0 bridgehead atoms. The van der Waals surface area contributed by atoms with Crippen LogP contribution in [0.4, 0.5) is 14.5 Å². The van der Waals surface area contributed by atoms with Gasteiger partial charge < -0.3 is 14.6 Å². The van der Waals surface area contributed by atoms with E-state index in [0.29, 0.717) is 32.8 Å². The highest BCUT2D eigenvalue weighted by atomic mass is 35.5. The number of aromatic nitrogens is 3. The van der Waals surface area contributed by atoms with Gasteiger partial charge in [-0.05, 0) is 50.1 Å². The standard InChI is InChI=1S/C34H27ClF2N4O4/c1-19(42)27-17-41(30-16-21(10-11-23(27)30)45-34-38-12-5-13-39-34)18-31(43)25-14-20(36)15-26(25)33(44)40-29-9-4-7-24(32(29)37)22-6-2-3-8-28(22)35/h2-13,16-17,20,25-26H,14-15,18H2,1H3,(H,40,44)/t20-,25?,26+/m0/s1. The van der Waals surface area contributed by atoms with E-state index in [9.17, 15) is 18.8 Å². The lowest BCUT2D eigenvalue weighted by Gasteiger charge is -2.19. The topological polar surface area (TPSA) is 103 Å². The summed E-state index contributed by atoms with van der Waals surface area (Å²) in [5, 5.41) is 3.53. The number of carbonyl (C=O) groups is 3. The Labute approximate surface area is 262 Å². The summed E-state index contributed by atoms with van der Waals surface area (Å²) < 4.78 is 37.6. The fraction of sp³-hybridized carbons (Fsp3) is 0.206. The van der Waals surface area contributed by atoms with Crippen LogP contribution in [0.2, 0.25) is 5.02 Å². The highest BCUT2D eigenvalue weighted by molar-refractivity contribution is 6.33. The van der Waals surface area contributed by atoms with Gasteiger partial charge in [0.2, 0.25) is 5.91 Å². The van der Waals surface area contributed by atoms with Gasteiger partial charge in [0.15, 0.2) is 17.4 Å². The van der Waals surface area contributed by atoms with Gasteiger partial charge in [0.1, 0.15) is 11.9 Å². The lowest BCUT2D eigenvalue weighted by molar-refractivity contribution is -0.130. The first-order valence-corrected chi connectivity index (χ1v) is 14.7. The molecule has 0 radical (unpaired) electrons. The quantitative estimate of drug-likeness (QED) is 0.170. The molecule has 5 aromatic rings. The highest BCUT2D eigenvalue weighted by Crippen LogP contribution is 2.38. The van der Waals surface area contributed by atoms with Crippen molar-refractivity contribution in [1.82, 2.24) is 14.5 Å². The Morgan fingerprint density at radius 3 is 2.47 bits per heavy atom. The van der Waals surface area contributed by atoms with Crippen LogP contribution >= 0.6 is 11.6 Å². The third kappa shape index (κ3) is 6.19. The van der Waals surface area contributed by atoms with Crippen LogP contribution in [0.25, 0.3) is 22.0 Å². The SMILES string of the molecule is CC(=O)c1cn(CC(=O)C2C[C@H](F)C[C@H]2C(=O)Nc2cccc(-c3ccccc3Cl)c2F)c2cc(Oc3ncccn3)ccc12. The van der Waals surface area contributed by atoms with Gasteiger partial charge in [-0.3, -0.25) is 14.4 Å². The maximum atomic E-state index is 15.5. The lowest BCUT2D eigenvalue weighted by atomic mass is 9.90. The number of ether oxygens (including phenoxy) is 1. The monoisotopic (exact) mass is 628 g/mol. The van der Waals surface area contributed by atoms with Gasteiger partial charge in [0.25, 0.3) is 0 Å². The van der Waals surface area contributed by atoms with E-state index in [1.807, 2.05) is 0 Å². The minimum absolute atomic E-state index is 0.0941. The predicted octanol–water partition coefficient (Wildman–Crippen LogP) is 7.46. The summed E-state index contributed by atoms with van der Waals surface area (Å²) in [6.07, 6.45) is 2.94. The molecule has 2 heterocycles. The zero-order chi connectivity index (χ0) is 31.7. The van der Waals surface area contributed by atoms with Crippen molar-refractivity contribution in [2.24, 2.45) is 11.8 Å². The van der Waals surface area contributed by atoms with Gasteiger partial charge in [-0.25, -0.2) is 18.7 Å². The van der Waals surface area contributed by atoms with Crippen molar-refractivity contribution < 1.29 is 27.9 Å². The normalized spacial score (nSPS) is 17.7. The van der Waals surface area contributed by atoms with Crippen molar-refractivity contribution >= 4 is 45.7 Å². The molecule has 45 heavy (non-hydrogen) atoms. The summed E-state index contributed by atoms with van der Waals surface area (Å²) in [5.41, 5.74) is 1.50. The molecule has 8 nitrogen and oxygen atoms in total. The van der Waals surface area contributed by atoms with E-state index in [0.717, 1.165) is 0 Å². The number of carbonyl (C=O) groups excluding carboxylic acids is 3. The number of amides is 1. The van der Waals surface area contributed by atoms with Crippen LogP contribution in [0.15, 0.2) is 85.3 Å². The summed E-state index contributed by atoms with van der Waals surface area (Å²) in [7, 11) is 0. The second-order valence-corrected chi connectivity index (χ2v) is 11.3. The van der Waals surface area contributed by atoms with Crippen LogP contribution in [0.1, 0.15) is 30.1 Å². The summed E-state index contributed by atoms with van der Waals surface area (Å²) in [6, 6.07) is 18.1. The molecule has 11 heteroatoms. The third-order valence-corrected chi connectivity index (χ3v) is 8.32. The molecule has 1 N–H and O–H groups in total. The van der Waals surface area contributed by atoms with Crippen LogP contribution in [0, 0.1) is 17.7 Å². The van der Waals surface area contributed by atoms with E-state index in [2.05, 4.69) is 15.3 Å². The molecule has 2 aromatic heterocycles. The van der Waals surface area contributed by atoms with E-state index < -0.39 is 29.7 Å². The van der Waals surface area contributed by atoms with Gasteiger partial charge >= 0.3 is 6.01 Å². The Hall–Kier alpha value is -4.96. The van der Waals surface area contributed by atoms with Crippen LogP contribution in [0.3, 0.4) is 0 Å². The van der Waals surface area contributed by atoms with Gasteiger partial charge in [-0.2, -0.15) is 0 Å². The molecule has 6 rings (SSSR count). The molecule has 1 unspecified atom stereocenters. The Morgan fingerprint density at radius 1 is 0.978 bits per heavy atom. The second kappa shape index (κ2) is 12.6. The molecule has 0 aliphatic heterocycles. The Balaban J connectivity index is 1.24. The van der Waals surface area contributed by atoms with Gasteiger partial charge in [0.05, 0.1) is 23.7 Å². The second-order valence-electron chi connectivity index (χ2n) is 10.9. The zero-order valence-electron chi connectivity index (χ0n) is 24.0. The first kappa shape index (κ1) is 30.1. The number of halogens is 3. The number of fused-ring (bicyclic) bond motifs is 1. The number of rotatable bonds is 9. The number of hydrogen-bond donors (Lipinski definition) is 1. The van der Waals surface area contributed by atoms with Crippen LogP contribution < -0.4 is 10.1 Å². The fourth-order valence-electron chi connectivity index (χ4n) is 5.84. The van der Waals surface area contributed by atoms with Crippen LogP contribution in [0.5, 0.6) is 11.8 Å². The molecule has 1 aliphatic rings. The number of ketones is 2. The summed E-state index contributed by atoms with van der Waals surface area (Å²) >= 11 is 6.26. The molecular weight excluding hydrogens is 602 g/mol. The average molecular weight is 629 g/mol. The van der Waals surface area contributed by atoms with Crippen molar-refractivity contribution in [1.29, 1.82) is 0 Å². The summed E-state index contributed by atoms with van der Waals surface area (Å²) in [6.45, 7) is 1.21. The van der Waals surface area contributed by atoms with Crippen LogP contribution in [-0.2, 0) is 16.1 Å². The largest absolute Gasteiger partial charge is 0.424 e. The number of nitrogens with zero attached hydrogens (tertiary/aromatic N) is 3. The number of nitrogens with one attached hydrogen (secondary N) is 1. The third-order valence-electron chi connectivity index (χ3n) is 7.99. The van der Waals surface area contributed by atoms with Gasteiger partial charge in [-0.15, -0.1) is 0 Å². The smallest absolute Gasteiger partial charge is 0.321 e. The minimum atomic E-state index is -1.38. The minimum Gasteiger partial charge on any atom is -0.424 e. The summed E-state index contributed by atoms with van der Waals surface area (Å²) in [4.78, 5) is 47.6. The number of Topliss-reactive ketones (excluding diaryl/α,β-unsaturated/α-hetero) is 2. The van der Waals surface area contributed by atoms with Crippen molar-refractivity contribution in [3.05, 3.63) is 102 Å². The van der Waals surface area contributed by atoms with Crippen molar-refractivity contribution in [3.8, 4) is 22.9 Å². The van der Waals surface area contributed by atoms with Gasteiger partial charge in [0, 0.05) is 57.7 Å². The molecular formula is C34H27ClF2N4O4. The molecule has 1 saturated carbocycles. The first-order chi connectivity index (χ1) is 21.7. The highest BCUT2D eigenvalue weighted by Gasteiger charge is 2.43. The molecule has 0 spiro atoms. The maximum absolute atomic E-state index is 15.5. The van der Waals surface area contributed by atoms with E-state index in [1.165, 1.54) is 25.4 Å². The molecule has 1 fully saturated rings. The maximum Gasteiger partial charge on any atom is 0.321 e. The zero-order valence-corrected chi connectivity index (χ0v) is 24.8. The number of hydrogen-bond acceptors (Lipinski definition) is 6. The first-order valence-electron chi connectivity index (χ1n) is 14.3. The Kier molecular flexibility index (Phi) is 8.40. The number of alkyl halides is 1. The van der Waals surface area contributed by atoms with E-state index in [-0.39, 0.29) is 48.2 Å². The molecule has 1 amide bonds. The Morgan fingerprint density at radius 2 is 1.71 bits per heavy atom. The van der Waals surface area contributed by atoms with E-state index in [1.54, 1.807) is 71.4 Å². The number of anilines is 1. The van der Waals surface area contributed by atoms with E-state index >= 15 is 4.39 Å².